The number of aromatic nitrogens is 2. The van der Waals surface area contributed by atoms with Crippen LogP contribution in [0.1, 0.15) is 44.3 Å². The molecule has 1 unspecified atom stereocenters. The number of nitrogens with two attached hydrogens (primary N) is 1. The van der Waals surface area contributed by atoms with Gasteiger partial charge in [0.15, 0.2) is 0 Å². The normalized spacial score (nSPS) is 15.8. The van der Waals surface area contributed by atoms with Gasteiger partial charge < -0.3 is 16.0 Å². The predicted molar refractivity (Wildman–Crippen MR) is 118 cm³/mol. The Labute approximate surface area is 175 Å². The molecule has 1 heterocycles. The zero-order chi connectivity index (χ0) is 19.1. The molecule has 6 nitrogen and oxygen atoms in total. The van der Waals surface area contributed by atoms with Crippen LogP contribution in [0, 0.1) is 5.92 Å². The highest BCUT2D eigenvalue weighted by molar-refractivity contribution is 7.98. The third kappa shape index (κ3) is 6.22. The number of nitrogens with one attached hydrogen (secondary N) is 2. The number of carbonyl (C=O) groups excluding carboxylic acids is 1. The first kappa shape index (κ1) is 22.7. The molecule has 1 aromatic carbocycles. The van der Waals surface area contributed by atoms with Crippen LogP contribution >= 0.6 is 24.2 Å². The first-order chi connectivity index (χ1) is 13.2. The molecule has 2 aromatic rings. The minimum Gasteiger partial charge on any atom is -0.352 e. The molecule has 0 spiro atoms. The van der Waals surface area contributed by atoms with Gasteiger partial charge in [-0.25, -0.2) is 4.98 Å². The Morgan fingerprint density at radius 2 is 2.04 bits per heavy atom. The number of para-hydroxylation sites is 1. The molecule has 3 rings (SSSR count). The summed E-state index contributed by atoms with van der Waals surface area (Å²) in [5, 5.41) is 3.72. The molecule has 28 heavy (non-hydrogen) atoms. The van der Waals surface area contributed by atoms with Crippen LogP contribution in [0.25, 0.3) is 10.9 Å². The summed E-state index contributed by atoms with van der Waals surface area (Å²) >= 11 is 1.60. The molecular formula is C20H29ClN4O2S. The Morgan fingerprint density at radius 1 is 1.29 bits per heavy atom. The second-order valence-corrected chi connectivity index (χ2v) is 8.25. The number of thioether (sulfide) groups is 1. The number of halogens is 1. The molecule has 1 saturated carbocycles. The summed E-state index contributed by atoms with van der Waals surface area (Å²) in [6, 6.07) is 7.40. The van der Waals surface area contributed by atoms with Crippen molar-refractivity contribution in [1.82, 2.24) is 15.3 Å². The predicted octanol–water partition coefficient (Wildman–Crippen LogP) is 2.99. The van der Waals surface area contributed by atoms with Crippen molar-refractivity contribution in [2.75, 3.05) is 12.3 Å². The van der Waals surface area contributed by atoms with Gasteiger partial charge in [-0.2, -0.15) is 11.8 Å². The molecule has 1 aliphatic carbocycles. The van der Waals surface area contributed by atoms with Crippen molar-refractivity contribution < 1.29 is 4.79 Å². The van der Waals surface area contributed by atoms with E-state index in [1.54, 1.807) is 17.8 Å². The number of amides is 1. The minimum atomic E-state index is -0.118. The zero-order valence-electron chi connectivity index (χ0n) is 16.0. The van der Waals surface area contributed by atoms with Crippen molar-refractivity contribution in [3.63, 3.8) is 0 Å². The van der Waals surface area contributed by atoms with Crippen LogP contribution in [0.3, 0.4) is 0 Å². The van der Waals surface area contributed by atoms with Crippen molar-refractivity contribution >= 4 is 41.0 Å². The monoisotopic (exact) mass is 424 g/mol. The summed E-state index contributed by atoms with van der Waals surface area (Å²) in [4.78, 5) is 31.6. The summed E-state index contributed by atoms with van der Waals surface area (Å²) in [6.45, 7) is 0.506. The van der Waals surface area contributed by atoms with Crippen molar-refractivity contribution in [2.45, 2.75) is 50.3 Å². The van der Waals surface area contributed by atoms with Crippen LogP contribution in [0.15, 0.2) is 29.1 Å². The highest BCUT2D eigenvalue weighted by Crippen LogP contribution is 2.26. The molecule has 0 saturated heterocycles. The summed E-state index contributed by atoms with van der Waals surface area (Å²) in [6.07, 6.45) is 6.55. The van der Waals surface area contributed by atoms with Gasteiger partial charge in [0.05, 0.1) is 16.7 Å². The van der Waals surface area contributed by atoms with Gasteiger partial charge in [0.1, 0.15) is 5.82 Å². The Hall–Kier alpha value is -1.57. The fraction of sp³-hybridized carbons (Fsp3) is 0.550. The van der Waals surface area contributed by atoms with Gasteiger partial charge in [0.2, 0.25) is 5.91 Å². The lowest BCUT2D eigenvalue weighted by atomic mass is 9.84. The highest BCUT2D eigenvalue weighted by atomic mass is 35.5. The van der Waals surface area contributed by atoms with Gasteiger partial charge >= 0.3 is 0 Å². The number of aromatic amines is 1. The van der Waals surface area contributed by atoms with Gasteiger partial charge in [-0.05, 0) is 30.9 Å². The van der Waals surface area contributed by atoms with E-state index in [9.17, 15) is 9.59 Å². The van der Waals surface area contributed by atoms with E-state index in [-0.39, 0.29) is 29.9 Å². The van der Waals surface area contributed by atoms with Crippen LogP contribution in [0.4, 0.5) is 0 Å². The van der Waals surface area contributed by atoms with Crippen molar-refractivity contribution in [2.24, 2.45) is 11.7 Å². The molecule has 4 N–H and O–H groups in total. The fourth-order valence-corrected chi connectivity index (χ4v) is 4.53. The molecule has 0 aliphatic heterocycles. The molecule has 1 atom stereocenters. The molecular weight excluding hydrogens is 396 g/mol. The largest absolute Gasteiger partial charge is 0.352 e. The maximum absolute atomic E-state index is 12.2. The maximum Gasteiger partial charge on any atom is 0.258 e. The lowest BCUT2D eigenvalue weighted by Gasteiger charge is -2.30. The van der Waals surface area contributed by atoms with Gasteiger partial charge in [0.25, 0.3) is 5.56 Å². The van der Waals surface area contributed by atoms with Crippen LogP contribution in [-0.4, -0.2) is 34.2 Å². The number of fused-ring (bicyclic) bond motifs is 1. The quantitative estimate of drug-likeness (QED) is 0.565. The number of benzene rings is 1. The van der Waals surface area contributed by atoms with Crippen molar-refractivity contribution in [3.05, 3.63) is 40.4 Å². The molecule has 154 valence electrons. The van der Waals surface area contributed by atoms with Gasteiger partial charge in [-0.1, -0.05) is 31.4 Å². The molecule has 1 aromatic heterocycles. The first-order valence-electron chi connectivity index (χ1n) is 9.72. The third-order valence-corrected chi connectivity index (χ3v) is 6.16. The fourth-order valence-electron chi connectivity index (χ4n) is 3.72. The molecule has 1 amide bonds. The smallest absolute Gasteiger partial charge is 0.258 e. The Balaban J connectivity index is 0.00000280. The average Bonchev–Trinajstić information content (AvgIpc) is 2.70. The SMILES string of the molecule is Cl.NCC(NC(=O)CCSCc1nc2ccccc2c(=O)[nH]1)C1CCCCC1. The summed E-state index contributed by atoms with van der Waals surface area (Å²) < 4.78 is 0. The average molecular weight is 425 g/mol. The molecule has 0 bridgehead atoms. The number of rotatable bonds is 8. The highest BCUT2D eigenvalue weighted by Gasteiger charge is 2.23. The maximum atomic E-state index is 12.2. The van der Waals surface area contributed by atoms with Gasteiger partial charge in [0, 0.05) is 24.8 Å². The van der Waals surface area contributed by atoms with Crippen molar-refractivity contribution in [3.8, 4) is 0 Å². The van der Waals surface area contributed by atoms with Gasteiger partial charge in [-0.15, -0.1) is 12.4 Å². The van der Waals surface area contributed by atoms with E-state index < -0.39 is 0 Å². The lowest BCUT2D eigenvalue weighted by Crippen LogP contribution is -2.46. The van der Waals surface area contributed by atoms with E-state index >= 15 is 0 Å². The minimum absolute atomic E-state index is 0. The molecule has 0 radical (unpaired) electrons. The van der Waals surface area contributed by atoms with Crippen LogP contribution < -0.4 is 16.6 Å². The van der Waals surface area contributed by atoms with E-state index in [0.717, 1.165) is 12.8 Å². The number of hydrogen-bond acceptors (Lipinski definition) is 5. The summed E-state index contributed by atoms with van der Waals surface area (Å²) in [5.74, 6) is 2.49. The number of H-pyrrole nitrogens is 1. The Kier molecular flexibility index (Phi) is 9.28. The summed E-state index contributed by atoms with van der Waals surface area (Å²) in [5.41, 5.74) is 6.46. The number of nitrogens with zero attached hydrogens (tertiary/aromatic N) is 1. The molecule has 8 heteroatoms. The molecule has 1 aliphatic rings. The van der Waals surface area contributed by atoms with Crippen LogP contribution in [-0.2, 0) is 10.5 Å². The Bertz CT molecular complexity index is 823. The number of hydrogen-bond donors (Lipinski definition) is 3. The second kappa shape index (κ2) is 11.4. The van der Waals surface area contributed by atoms with E-state index in [1.807, 2.05) is 18.2 Å². The van der Waals surface area contributed by atoms with E-state index in [0.29, 0.717) is 47.1 Å². The van der Waals surface area contributed by atoms with Crippen molar-refractivity contribution in [1.29, 1.82) is 0 Å². The topological polar surface area (TPSA) is 101 Å². The standard InChI is InChI=1S/C20H28N4O2S.ClH/c21-12-17(14-6-2-1-3-7-14)23-19(25)10-11-27-13-18-22-16-9-5-4-8-15(16)20(26)24-18;/h4-5,8-9,14,17H,1-3,6-7,10-13,21H2,(H,23,25)(H,22,24,26);1H. The van der Waals surface area contributed by atoms with Crippen LogP contribution in [0.5, 0.6) is 0 Å². The van der Waals surface area contributed by atoms with E-state index in [4.69, 9.17) is 5.73 Å². The lowest BCUT2D eigenvalue weighted by molar-refractivity contribution is -0.121. The first-order valence-corrected chi connectivity index (χ1v) is 10.9. The number of carbonyl (C=O) groups is 1. The summed E-state index contributed by atoms with van der Waals surface area (Å²) in [7, 11) is 0. The van der Waals surface area contributed by atoms with E-state index in [1.165, 1.54) is 19.3 Å². The second-order valence-electron chi connectivity index (χ2n) is 7.14. The third-order valence-electron chi connectivity index (χ3n) is 5.19. The Morgan fingerprint density at radius 3 is 2.79 bits per heavy atom. The van der Waals surface area contributed by atoms with Crippen LogP contribution in [0.2, 0.25) is 0 Å². The van der Waals surface area contributed by atoms with E-state index in [2.05, 4.69) is 15.3 Å². The van der Waals surface area contributed by atoms with Gasteiger partial charge in [-0.3, -0.25) is 9.59 Å². The zero-order valence-corrected chi connectivity index (χ0v) is 17.6. The molecule has 1 fully saturated rings.